The first-order chi connectivity index (χ1) is 19.3. The third kappa shape index (κ3) is 7.97. The molecule has 4 aliphatic rings. The van der Waals surface area contributed by atoms with E-state index in [4.69, 9.17) is 13.9 Å². The Hall–Kier alpha value is -0.0531. The van der Waals surface area contributed by atoms with Crippen LogP contribution in [0.1, 0.15) is 98.8 Å². The Morgan fingerprint density at radius 3 is 2.61 bits per heavy atom. The van der Waals surface area contributed by atoms with E-state index in [0.717, 1.165) is 38.5 Å². The molecule has 3 fully saturated rings. The molecule has 1 aliphatic heterocycles. The molecule has 0 radical (unpaired) electrons. The molecule has 3 aliphatic carbocycles. The summed E-state index contributed by atoms with van der Waals surface area (Å²) in [6.45, 7) is 17.3. The number of Topliss-reactive ketones (excluding diaryl/α,β-unsaturated/α-hetero) is 1. The fourth-order valence-electron chi connectivity index (χ4n) is 7.40. The molecule has 4 nitrogen and oxygen atoms in total. The van der Waals surface area contributed by atoms with E-state index in [1.165, 1.54) is 42.8 Å². The van der Waals surface area contributed by atoms with Crippen LogP contribution >= 0.6 is 23.5 Å². The quantitative estimate of drug-likeness (QED) is 0.0832. The Kier molecular flexibility index (Phi) is 11.5. The fourth-order valence-corrected chi connectivity index (χ4v) is 12.2. The third-order valence-corrected chi connectivity index (χ3v) is 18.9. The molecule has 0 aromatic carbocycles. The maximum atomic E-state index is 14.2. The second-order valence-corrected chi connectivity index (χ2v) is 22.9. The molecule has 5 atom stereocenters. The van der Waals surface area contributed by atoms with E-state index < -0.39 is 8.32 Å². The number of ketones is 1. The lowest BCUT2D eigenvalue weighted by Crippen LogP contribution is -2.47. The number of carbonyl (C=O) groups is 1. The predicted octanol–water partition coefficient (Wildman–Crippen LogP) is 9.41. The van der Waals surface area contributed by atoms with E-state index in [2.05, 4.69) is 83.4 Å². The number of hydrogen-bond donors (Lipinski definition) is 0. The average Bonchev–Trinajstić information content (AvgIpc) is 3.58. The van der Waals surface area contributed by atoms with Crippen LogP contribution in [0.4, 0.5) is 0 Å². The van der Waals surface area contributed by atoms with Gasteiger partial charge < -0.3 is 13.9 Å². The lowest BCUT2D eigenvalue weighted by molar-refractivity contribution is -0.128. The van der Waals surface area contributed by atoms with Crippen molar-refractivity contribution in [1.82, 2.24) is 0 Å². The monoisotopic (exact) mass is 622 g/mol. The number of fused-ring (bicyclic) bond motifs is 1. The maximum Gasteiger partial charge on any atom is 0.192 e. The molecule has 2 unspecified atom stereocenters. The van der Waals surface area contributed by atoms with Crippen LogP contribution in [-0.2, 0) is 18.7 Å². The molecule has 0 bridgehead atoms. The third-order valence-electron chi connectivity index (χ3n) is 10.9. The second-order valence-electron chi connectivity index (χ2n) is 14.9. The summed E-state index contributed by atoms with van der Waals surface area (Å²) in [6.07, 6.45) is 16.3. The van der Waals surface area contributed by atoms with E-state index in [1.807, 2.05) is 0 Å². The van der Waals surface area contributed by atoms with Crippen molar-refractivity contribution >= 4 is 37.6 Å². The van der Waals surface area contributed by atoms with Gasteiger partial charge in [0.25, 0.3) is 0 Å². The first-order valence-corrected chi connectivity index (χ1v) is 21.1. The van der Waals surface area contributed by atoms with Crippen LogP contribution in [0.5, 0.6) is 0 Å². The number of carbonyl (C=O) groups excluding carboxylic acids is 1. The van der Waals surface area contributed by atoms with Crippen molar-refractivity contribution < 1.29 is 18.7 Å². The first kappa shape index (κ1) is 33.8. The van der Waals surface area contributed by atoms with Gasteiger partial charge in [0, 0.05) is 18.9 Å². The minimum atomic E-state index is -2.02. The maximum absolute atomic E-state index is 14.2. The summed E-state index contributed by atoms with van der Waals surface area (Å²) >= 11 is 4.37. The Morgan fingerprint density at radius 2 is 1.93 bits per heavy atom. The van der Waals surface area contributed by atoms with Crippen molar-refractivity contribution in [2.45, 2.75) is 127 Å². The number of thioether (sulfide) groups is 2. The Labute approximate surface area is 261 Å². The SMILES string of the molecule is COCOC/C(C)=C/CCC1(CCCC(O[Si](C)(C)C(C)(C)C)C2CCC3=CCC[C@]4(C)[C@H](C2=O)[C@H]34)SCCCS1. The first-order valence-electron chi connectivity index (χ1n) is 16.2. The predicted molar refractivity (Wildman–Crippen MR) is 179 cm³/mol. The van der Waals surface area contributed by atoms with Crippen molar-refractivity contribution in [1.29, 1.82) is 0 Å². The van der Waals surface area contributed by atoms with Gasteiger partial charge in [-0.2, -0.15) is 0 Å². The van der Waals surface area contributed by atoms with Gasteiger partial charge in [0.1, 0.15) is 12.6 Å². The van der Waals surface area contributed by atoms with Crippen molar-refractivity contribution in [3.05, 3.63) is 23.3 Å². The molecule has 0 amide bonds. The molecule has 7 heteroatoms. The van der Waals surface area contributed by atoms with Crippen molar-refractivity contribution in [3.8, 4) is 0 Å². The summed E-state index contributed by atoms with van der Waals surface area (Å²) < 4.78 is 18.1. The summed E-state index contributed by atoms with van der Waals surface area (Å²) in [5.74, 6) is 3.88. The van der Waals surface area contributed by atoms with Crippen LogP contribution in [0.3, 0.4) is 0 Å². The lowest BCUT2D eigenvalue weighted by Gasteiger charge is -2.42. The molecule has 1 saturated heterocycles. The van der Waals surface area contributed by atoms with E-state index in [9.17, 15) is 4.79 Å². The molecule has 0 aromatic rings. The minimum Gasteiger partial charge on any atom is -0.413 e. The van der Waals surface area contributed by atoms with Crippen molar-refractivity contribution in [3.63, 3.8) is 0 Å². The Morgan fingerprint density at radius 1 is 1.20 bits per heavy atom. The summed E-state index contributed by atoms with van der Waals surface area (Å²) in [7, 11) is -0.349. The number of hydrogen-bond acceptors (Lipinski definition) is 6. The van der Waals surface area contributed by atoms with Gasteiger partial charge in [-0.3, -0.25) is 4.79 Å². The summed E-state index contributed by atoms with van der Waals surface area (Å²) in [6, 6.07) is 0. The van der Waals surface area contributed by atoms with Crippen LogP contribution in [0, 0.1) is 23.2 Å². The molecule has 0 aromatic heterocycles. The van der Waals surface area contributed by atoms with Gasteiger partial charge in [-0.1, -0.05) is 51.0 Å². The highest BCUT2D eigenvalue weighted by Crippen LogP contribution is 2.69. The van der Waals surface area contributed by atoms with E-state index in [-0.39, 0.29) is 32.5 Å². The largest absolute Gasteiger partial charge is 0.413 e. The van der Waals surface area contributed by atoms with Crippen molar-refractivity contribution in [2.24, 2.45) is 23.2 Å². The van der Waals surface area contributed by atoms with Gasteiger partial charge in [-0.15, -0.1) is 23.5 Å². The van der Waals surface area contributed by atoms with Crippen LogP contribution in [0.2, 0.25) is 18.1 Å². The summed E-state index contributed by atoms with van der Waals surface area (Å²) in [5, 5.41) is 0.139. The van der Waals surface area contributed by atoms with Gasteiger partial charge in [0.2, 0.25) is 0 Å². The number of allylic oxidation sites excluding steroid dienone is 3. The van der Waals surface area contributed by atoms with Gasteiger partial charge in [0.15, 0.2) is 8.32 Å². The molecule has 0 N–H and O–H groups in total. The van der Waals surface area contributed by atoms with Crippen LogP contribution < -0.4 is 0 Å². The summed E-state index contributed by atoms with van der Waals surface area (Å²) in [4.78, 5) is 14.2. The lowest BCUT2D eigenvalue weighted by atomic mass is 9.81. The standard InChI is InChI=1S/C34H58O4S2Si/c1-25(23-37-24-36-6)13-9-19-34(39-21-12-22-40-34)20-11-15-28(38-41(7,8)32(2,3)4)27-17-16-26-14-10-18-33(5)29(26)30(33)31(27)35/h13-14,27-30H,9-12,15-24H2,1-8H3/b25-13+/t27?,28?,29-,30-,33-/m0/s1. The molecule has 2 saturated carbocycles. The number of methoxy groups -OCH3 is 1. The molecule has 234 valence electrons. The molecular weight excluding hydrogens is 565 g/mol. The highest BCUT2D eigenvalue weighted by molar-refractivity contribution is 8.18. The normalized spacial score (nSPS) is 30.8. The second kappa shape index (κ2) is 13.9. The molecule has 41 heavy (non-hydrogen) atoms. The number of ether oxygens (including phenoxy) is 2. The Bertz CT molecular complexity index is 964. The zero-order valence-electron chi connectivity index (χ0n) is 27.3. The van der Waals surface area contributed by atoms with Gasteiger partial charge in [-0.05, 0) is 112 Å². The molecule has 4 rings (SSSR count). The fraction of sp³-hybridized carbons (Fsp3) is 0.853. The average molecular weight is 623 g/mol. The smallest absolute Gasteiger partial charge is 0.192 e. The highest BCUT2D eigenvalue weighted by Gasteiger charge is 2.68. The van der Waals surface area contributed by atoms with Crippen LogP contribution in [0.25, 0.3) is 0 Å². The molecular formula is C34H58O4S2Si. The molecule has 0 spiro atoms. The van der Waals surface area contributed by atoms with Crippen molar-refractivity contribution in [2.75, 3.05) is 32.0 Å². The van der Waals surface area contributed by atoms with Gasteiger partial charge in [-0.25, -0.2) is 0 Å². The van der Waals surface area contributed by atoms with E-state index >= 15 is 0 Å². The summed E-state index contributed by atoms with van der Waals surface area (Å²) in [5.41, 5.74) is 3.10. The molecule has 1 heterocycles. The van der Waals surface area contributed by atoms with Gasteiger partial charge >= 0.3 is 0 Å². The topological polar surface area (TPSA) is 44.8 Å². The zero-order chi connectivity index (χ0) is 29.9. The van der Waals surface area contributed by atoms with Gasteiger partial charge in [0.05, 0.1) is 16.8 Å². The minimum absolute atomic E-state index is 0.0581. The zero-order valence-corrected chi connectivity index (χ0v) is 29.9. The highest BCUT2D eigenvalue weighted by atomic mass is 32.2. The van der Waals surface area contributed by atoms with Crippen LogP contribution in [-0.4, -0.2) is 56.3 Å². The van der Waals surface area contributed by atoms with E-state index in [1.54, 1.807) is 12.7 Å². The van der Waals surface area contributed by atoms with E-state index in [0.29, 0.717) is 25.1 Å². The Balaban J connectivity index is 1.45. The number of rotatable bonds is 14. The van der Waals surface area contributed by atoms with Crippen LogP contribution in [0.15, 0.2) is 23.3 Å².